The molecule has 0 radical (unpaired) electrons. The van der Waals surface area contributed by atoms with E-state index in [1.807, 2.05) is 30.3 Å². The minimum Gasteiger partial charge on any atom is -0.497 e. The van der Waals surface area contributed by atoms with Gasteiger partial charge in [-0.25, -0.2) is 4.68 Å². The van der Waals surface area contributed by atoms with E-state index in [9.17, 15) is 4.79 Å². The number of benzene rings is 1. The number of hydrogen-bond donors (Lipinski definition) is 2. The summed E-state index contributed by atoms with van der Waals surface area (Å²) >= 11 is 1.26. The zero-order chi connectivity index (χ0) is 20.2. The number of carbonyl (C=O) groups is 1. The average Bonchev–Trinajstić information content (AvgIpc) is 3.39. The first kappa shape index (κ1) is 19.3. The van der Waals surface area contributed by atoms with Gasteiger partial charge < -0.3 is 20.2 Å². The maximum atomic E-state index is 12.3. The van der Waals surface area contributed by atoms with Gasteiger partial charge in [-0.15, -0.1) is 10.2 Å². The molecule has 1 saturated heterocycles. The molecule has 0 bridgehead atoms. The summed E-state index contributed by atoms with van der Waals surface area (Å²) in [6, 6.07) is 9.43. The number of nitrogen functional groups attached to an aromatic ring is 1. The number of nitrogens with one attached hydrogen (secondary N) is 1. The Balaban J connectivity index is 1.44. The third kappa shape index (κ3) is 4.20. The van der Waals surface area contributed by atoms with Crippen molar-refractivity contribution in [1.29, 1.82) is 0 Å². The fourth-order valence-corrected chi connectivity index (χ4v) is 3.69. The van der Waals surface area contributed by atoms with Crippen molar-refractivity contribution in [2.45, 2.75) is 5.16 Å². The molecule has 3 heterocycles. The van der Waals surface area contributed by atoms with Crippen molar-refractivity contribution in [2.24, 2.45) is 0 Å². The molecule has 0 atom stereocenters. The number of methoxy groups -OCH3 is 1. The molecule has 4 rings (SSSR count). The molecule has 1 amide bonds. The van der Waals surface area contributed by atoms with Gasteiger partial charge in [-0.1, -0.05) is 11.8 Å². The van der Waals surface area contributed by atoms with Crippen LogP contribution in [0.25, 0.3) is 22.8 Å². The van der Waals surface area contributed by atoms with E-state index in [-0.39, 0.29) is 11.7 Å². The van der Waals surface area contributed by atoms with Gasteiger partial charge in [-0.2, -0.15) is 5.10 Å². The van der Waals surface area contributed by atoms with Crippen LogP contribution in [0.2, 0.25) is 0 Å². The van der Waals surface area contributed by atoms with Crippen molar-refractivity contribution in [2.75, 3.05) is 45.0 Å². The number of ether oxygens (including phenoxy) is 2. The van der Waals surface area contributed by atoms with Crippen LogP contribution in [0.4, 0.5) is 0 Å². The van der Waals surface area contributed by atoms with E-state index in [1.54, 1.807) is 12.0 Å². The smallest absolute Gasteiger partial charge is 0.233 e. The number of amides is 1. The molecule has 11 heteroatoms. The molecule has 10 nitrogen and oxygen atoms in total. The quantitative estimate of drug-likeness (QED) is 0.451. The van der Waals surface area contributed by atoms with Crippen LogP contribution in [-0.2, 0) is 9.53 Å². The molecule has 1 fully saturated rings. The van der Waals surface area contributed by atoms with Crippen LogP contribution in [0.3, 0.4) is 0 Å². The highest BCUT2D eigenvalue weighted by Gasteiger charge is 2.20. The molecule has 1 aliphatic heterocycles. The maximum absolute atomic E-state index is 12.3. The highest BCUT2D eigenvalue weighted by Crippen LogP contribution is 2.26. The van der Waals surface area contributed by atoms with Gasteiger partial charge in [-0.3, -0.25) is 9.89 Å². The Hall–Kier alpha value is -3.05. The van der Waals surface area contributed by atoms with Gasteiger partial charge in [0.2, 0.25) is 16.9 Å². The lowest BCUT2D eigenvalue weighted by atomic mass is 10.1. The van der Waals surface area contributed by atoms with Crippen molar-refractivity contribution in [3.8, 4) is 28.5 Å². The van der Waals surface area contributed by atoms with E-state index in [2.05, 4.69) is 20.4 Å². The molecular weight excluding hydrogens is 394 g/mol. The van der Waals surface area contributed by atoms with Crippen molar-refractivity contribution in [3.05, 3.63) is 30.3 Å². The zero-order valence-electron chi connectivity index (χ0n) is 15.9. The lowest BCUT2D eigenvalue weighted by molar-refractivity contribution is -0.132. The first-order valence-electron chi connectivity index (χ1n) is 9.04. The molecule has 1 aromatic carbocycles. The van der Waals surface area contributed by atoms with E-state index >= 15 is 0 Å². The normalized spacial score (nSPS) is 14.2. The molecule has 3 N–H and O–H groups in total. The molecule has 1 aliphatic rings. The summed E-state index contributed by atoms with van der Waals surface area (Å²) in [5, 5.41) is 16.0. The number of nitrogens with two attached hydrogens (primary N) is 1. The number of H-pyrrole nitrogens is 1. The second kappa shape index (κ2) is 8.53. The molecule has 3 aromatic rings. The number of carbonyl (C=O) groups excluding carboxylic acids is 1. The molecule has 0 spiro atoms. The van der Waals surface area contributed by atoms with Gasteiger partial charge in [0, 0.05) is 18.7 Å². The largest absolute Gasteiger partial charge is 0.497 e. The number of hydrogen-bond acceptors (Lipinski definition) is 8. The summed E-state index contributed by atoms with van der Waals surface area (Å²) in [5.41, 5.74) is 2.32. The standard InChI is InChI=1S/C18H21N7O3S/c1-27-13-4-2-12(3-5-13)14-10-15(21-20-14)17-22-23-18(25(17)19)29-11-16(26)24-6-8-28-9-7-24/h2-5,10H,6-9,11,19H2,1H3,(H,20,21). The van der Waals surface area contributed by atoms with Crippen LogP contribution in [0.5, 0.6) is 5.75 Å². The number of rotatable bonds is 6. The first-order valence-corrected chi connectivity index (χ1v) is 10.0. The third-order valence-electron chi connectivity index (χ3n) is 4.56. The number of nitrogens with zero attached hydrogens (tertiary/aromatic N) is 5. The van der Waals surface area contributed by atoms with Crippen molar-refractivity contribution in [3.63, 3.8) is 0 Å². The number of aromatic amines is 1. The molecule has 0 aliphatic carbocycles. The van der Waals surface area contributed by atoms with Crippen LogP contribution < -0.4 is 10.6 Å². The van der Waals surface area contributed by atoms with Gasteiger partial charge in [-0.05, 0) is 30.3 Å². The zero-order valence-corrected chi connectivity index (χ0v) is 16.7. The van der Waals surface area contributed by atoms with Crippen LogP contribution in [0.1, 0.15) is 0 Å². The summed E-state index contributed by atoms with van der Waals surface area (Å²) in [7, 11) is 1.62. The SMILES string of the molecule is COc1ccc(-c2cc(-c3nnc(SCC(=O)N4CCOCC4)n3N)[nH]n2)cc1. The molecule has 0 saturated carbocycles. The molecule has 29 heavy (non-hydrogen) atoms. The van der Waals surface area contributed by atoms with Crippen molar-refractivity contribution in [1.82, 2.24) is 30.0 Å². The summed E-state index contributed by atoms with van der Waals surface area (Å²) in [5.74, 6) is 7.65. The monoisotopic (exact) mass is 415 g/mol. The number of aromatic nitrogens is 5. The van der Waals surface area contributed by atoms with Gasteiger partial charge in [0.05, 0.1) is 31.8 Å². The van der Waals surface area contributed by atoms with Crippen LogP contribution >= 0.6 is 11.8 Å². The van der Waals surface area contributed by atoms with Crippen molar-refractivity contribution < 1.29 is 14.3 Å². The minimum atomic E-state index is 0.0335. The summed E-state index contributed by atoms with van der Waals surface area (Å²) < 4.78 is 11.8. The highest BCUT2D eigenvalue weighted by atomic mass is 32.2. The fourth-order valence-electron chi connectivity index (χ4n) is 2.94. The van der Waals surface area contributed by atoms with E-state index < -0.39 is 0 Å². The third-order valence-corrected chi connectivity index (χ3v) is 5.49. The number of morpholine rings is 1. The minimum absolute atomic E-state index is 0.0335. The number of thioether (sulfide) groups is 1. The lowest BCUT2D eigenvalue weighted by Crippen LogP contribution is -2.41. The van der Waals surface area contributed by atoms with Crippen molar-refractivity contribution >= 4 is 17.7 Å². The van der Waals surface area contributed by atoms with E-state index in [1.165, 1.54) is 16.4 Å². The van der Waals surface area contributed by atoms with Crippen LogP contribution in [0, 0.1) is 0 Å². The Morgan fingerprint density at radius 2 is 2.03 bits per heavy atom. The Morgan fingerprint density at radius 3 is 2.76 bits per heavy atom. The molecular formula is C18H21N7O3S. The Bertz CT molecular complexity index is 980. The lowest BCUT2D eigenvalue weighted by Gasteiger charge is -2.26. The van der Waals surface area contributed by atoms with E-state index in [0.29, 0.717) is 43.0 Å². The topological polar surface area (TPSA) is 124 Å². The van der Waals surface area contributed by atoms with Crippen LogP contribution in [0.15, 0.2) is 35.5 Å². The Labute approximate surface area is 171 Å². The second-order valence-corrected chi connectivity index (χ2v) is 7.30. The second-order valence-electron chi connectivity index (χ2n) is 6.35. The summed E-state index contributed by atoms with van der Waals surface area (Å²) in [6.07, 6.45) is 0. The maximum Gasteiger partial charge on any atom is 0.233 e. The molecule has 0 unspecified atom stereocenters. The molecule has 2 aromatic heterocycles. The van der Waals surface area contributed by atoms with Gasteiger partial charge in [0.15, 0.2) is 0 Å². The van der Waals surface area contributed by atoms with Gasteiger partial charge in [0.25, 0.3) is 0 Å². The Morgan fingerprint density at radius 1 is 1.28 bits per heavy atom. The van der Waals surface area contributed by atoms with Crippen LogP contribution in [-0.4, -0.2) is 75.0 Å². The summed E-state index contributed by atoms with van der Waals surface area (Å²) in [4.78, 5) is 14.1. The Kier molecular flexibility index (Phi) is 5.67. The van der Waals surface area contributed by atoms with Gasteiger partial charge >= 0.3 is 0 Å². The first-order chi connectivity index (χ1) is 14.2. The predicted octanol–water partition coefficient (Wildman–Crippen LogP) is 1.01. The van der Waals surface area contributed by atoms with Gasteiger partial charge in [0.1, 0.15) is 11.4 Å². The fraction of sp³-hybridized carbons (Fsp3) is 0.333. The average molecular weight is 415 g/mol. The van der Waals surface area contributed by atoms with E-state index in [4.69, 9.17) is 15.3 Å². The predicted molar refractivity (Wildman–Crippen MR) is 108 cm³/mol. The summed E-state index contributed by atoms with van der Waals surface area (Å²) in [6.45, 7) is 2.37. The van der Waals surface area contributed by atoms with E-state index in [0.717, 1.165) is 17.0 Å². The highest BCUT2D eigenvalue weighted by molar-refractivity contribution is 7.99. The molecule has 152 valence electrons.